The number of allylic oxidation sites excluding steroid dienone is 3. The van der Waals surface area contributed by atoms with Gasteiger partial charge in [0.2, 0.25) is 0 Å². The average Bonchev–Trinajstić information content (AvgIpc) is 2.34. The van der Waals surface area contributed by atoms with Crippen molar-refractivity contribution in [2.24, 2.45) is 0 Å². The summed E-state index contributed by atoms with van der Waals surface area (Å²) in [6, 6.07) is 8.32. The highest BCUT2D eigenvalue weighted by Crippen LogP contribution is 2.20. The van der Waals surface area contributed by atoms with E-state index in [1.165, 1.54) is 11.1 Å². The Morgan fingerprint density at radius 1 is 1.35 bits per heavy atom. The largest absolute Gasteiger partial charge is 0.489 e. The van der Waals surface area contributed by atoms with Gasteiger partial charge in [-0.1, -0.05) is 44.2 Å². The van der Waals surface area contributed by atoms with Gasteiger partial charge in [-0.3, -0.25) is 0 Å². The summed E-state index contributed by atoms with van der Waals surface area (Å²) in [5.41, 5.74) is 2.54. The fourth-order valence-electron chi connectivity index (χ4n) is 1.47. The van der Waals surface area contributed by atoms with Gasteiger partial charge >= 0.3 is 0 Å². The number of hydrogen-bond donors (Lipinski definition) is 0. The Balaban J connectivity index is 2.60. The molecule has 1 nitrogen and oxygen atoms in total. The predicted octanol–water partition coefficient (Wildman–Crippen LogP) is 4.71. The van der Waals surface area contributed by atoms with E-state index in [0.29, 0.717) is 12.5 Å². The lowest BCUT2D eigenvalue weighted by Gasteiger charge is -2.10. The Hall–Kier alpha value is -1.50. The second-order valence-electron chi connectivity index (χ2n) is 4.55. The molecule has 0 saturated heterocycles. The van der Waals surface area contributed by atoms with E-state index in [1.807, 2.05) is 25.1 Å². The van der Waals surface area contributed by atoms with Crippen LogP contribution in [-0.4, -0.2) is 6.61 Å². The van der Waals surface area contributed by atoms with Gasteiger partial charge in [-0.25, -0.2) is 0 Å². The first-order valence-corrected chi connectivity index (χ1v) is 6.14. The van der Waals surface area contributed by atoms with Crippen LogP contribution in [0, 0.1) is 0 Å². The standard InChI is InChI=1S/C16H22O/c1-5-6-8-14(4)12-17-16-10-7-9-15(11-16)13(2)3/h5-11,13H,12H2,1-4H3/b6-5-,14-8-. The lowest BCUT2D eigenvalue weighted by atomic mass is 10.0. The zero-order chi connectivity index (χ0) is 12.7. The summed E-state index contributed by atoms with van der Waals surface area (Å²) >= 11 is 0. The third-order valence-electron chi connectivity index (χ3n) is 2.56. The summed E-state index contributed by atoms with van der Waals surface area (Å²) in [5, 5.41) is 0. The Kier molecular flexibility index (Phi) is 5.55. The molecule has 0 spiro atoms. The summed E-state index contributed by atoms with van der Waals surface area (Å²) in [4.78, 5) is 0. The lowest BCUT2D eigenvalue weighted by Crippen LogP contribution is -1.99. The van der Waals surface area contributed by atoms with Gasteiger partial charge in [0, 0.05) is 0 Å². The molecule has 0 saturated carbocycles. The molecule has 0 bridgehead atoms. The summed E-state index contributed by atoms with van der Waals surface area (Å²) < 4.78 is 5.75. The highest BCUT2D eigenvalue weighted by molar-refractivity contribution is 5.30. The molecule has 1 aromatic carbocycles. The quantitative estimate of drug-likeness (QED) is 0.665. The van der Waals surface area contributed by atoms with Crippen molar-refractivity contribution in [3.63, 3.8) is 0 Å². The molecule has 0 atom stereocenters. The first kappa shape index (κ1) is 13.6. The normalized spacial score (nSPS) is 12.4. The van der Waals surface area contributed by atoms with Crippen molar-refractivity contribution in [2.75, 3.05) is 6.61 Å². The fraction of sp³-hybridized carbons (Fsp3) is 0.375. The summed E-state index contributed by atoms with van der Waals surface area (Å²) in [6.45, 7) is 9.11. The highest BCUT2D eigenvalue weighted by atomic mass is 16.5. The summed E-state index contributed by atoms with van der Waals surface area (Å²) in [5.74, 6) is 1.49. The summed E-state index contributed by atoms with van der Waals surface area (Å²) in [7, 11) is 0. The van der Waals surface area contributed by atoms with Crippen LogP contribution in [0.1, 0.15) is 39.2 Å². The van der Waals surface area contributed by atoms with E-state index >= 15 is 0 Å². The van der Waals surface area contributed by atoms with E-state index in [9.17, 15) is 0 Å². The Morgan fingerprint density at radius 3 is 2.76 bits per heavy atom. The van der Waals surface area contributed by atoms with E-state index in [4.69, 9.17) is 4.74 Å². The van der Waals surface area contributed by atoms with Crippen LogP contribution in [0.25, 0.3) is 0 Å². The van der Waals surface area contributed by atoms with Crippen molar-refractivity contribution in [2.45, 2.75) is 33.6 Å². The molecule has 1 heteroatoms. The van der Waals surface area contributed by atoms with E-state index in [-0.39, 0.29) is 0 Å². The van der Waals surface area contributed by atoms with Crippen molar-refractivity contribution >= 4 is 0 Å². The van der Waals surface area contributed by atoms with Crippen LogP contribution in [0.2, 0.25) is 0 Å². The minimum Gasteiger partial charge on any atom is -0.489 e. The monoisotopic (exact) mass is 230 g/mol. The van der Waals surface area contributed by atoms with Crippen LogP contribution in [0.5, 0.6) is 5.75 Å². The van der Waals surface area contributed by atoms with Gasteiger partial charge in [-0.05, 0) is 43.0 Å². The molecule has 0 radical (unpaired) electrons. The Bertz CT molecular complexity index is 400. The van der Waals surface area contributed by atoms with Crippen LogP contribution in [0.4, 0.5) is 0 Å². The maximum Gasteiger partial charge on any atom is 0.120 e. The van der Waals surface area contributed by atoms with E-state index in [1.54, 1.807) is 0 Å². The van der Waals surface area contributed by atoms with E-state index < -0.39 is 0 Å². The molecule has 92 valence electrons. The Labute approximate surface area is 105 Å². The lowest BCUT2D eigenvalue weighted by molar-refractivity contribution is 0.351. The molecule has 0 aliphatic carbocycles. The Morgan fingerprint density at radius 2 is 2.12 bits per heavy atom. The fourth-order valence-corrected chi connectivity index (χ4v) is 1.47. The topological polar surface area (TPSA) is 9.23 Å². The molecule has 1 aromatic rings. The van der Waals surface area contributed by atoms with Gasteiger partial charge in [0.05, 0.1) is 0 Å². The van der Waals surface area contributed by atoms with Gasteiger partial charge in [0.1, 0.15) is 12.4 Å². The number of hydrogen-bond acceptors (Lipinski definition) is 1. The zero-order valence-corrected chi connectivity index (χ0v) is 11.2. The molecular weight excluding hydrogens is 208 g/mol. The van der Waals surface area contributed by atoms with Crippen molar-refractivity contribution in [1.82, 2.24) is 0 Å². The molecule has 17 heavy (non-hydrogen) atoms. The minimum absolute atomic E-state index is 0.540. The van der Waals surface area contributed by atoms with Gasteiger partial charge in [0.15, 0.2) is 0 Å². The predicted molar refractivity (Wildman–Crippen MR) is 74.6 cm³/mol. The van der Waals surface area contributed by atoms with Crippen LogP contribution < -0.4 is 4.74 Å². The first-order chi connectivity index (χ1) is 8.13. The molecule has 0 heterocycles. The molecule has 0 aliphatic rings. The molecule has 1 rings (SSSR count). The SMILES string of the molecule is C/C=C\C=C(\C)COc1cccc(C(C)C)c1. The van der Waals surface area contributed by atoms with Crippen molar-refractivity contribution in [1.29, 1.82) is 0 Å². The second kappa shape index (κ2) is 6.95. The van der Waals surface area contributed by atoms with Crippen LogP contribution in [0.3, 0.4) is 0 Å². The second-order valence-corrected chi connectivity index (χ2v) is 4.55. The third kappa shape index (κ3) is 4.90. The first-order valence-electron chi connectivity index (χ1n) is 6.14. The molecule has 0 aromatic heterocycles. The number of ether oxygens (including phenoxy) is 1. The van der Waals surface area contributed by atoms with E-state index in [2.05, 4.69) is 45.0 Å². The third-order valence-corrected chi connectivity index (χ3v) is 2.56. The molecular formula is C16H22O. The average molecular weight is 230 g/mol. The van der Waals surface area contributed by atoms with Gasteiger partial charge in [-0.2, -0.15) is 0 Å². The highest BCUT2D eigenvalue weighted by Gasteiger charge is 2.00. The van der Waals surface area contributed by atoms with Crippen molar-refractivity contribution in [3.8, 4) is 5.75 Å². The van der Waals surface area contributed by atoms with Gasteiger partial charge in [-0.15, -0.1) is 0 Å². The van der Waals surface area contributed by atoms with Crippen LogP contribution >= 0.6 is 0 Å². The molecule has 0 aliphatic heterocycles. The van der Waals surface area contributed by atoms with Crippen LogP contribution in [-0.2, 0) is 0 Å². The van der Waals surface area contributed by atoms with Crippen molar-refractivity contribution < 1.29 is 4.74 Å². The van der Waals surface area contributed by atoms with E-state index in [0.717, 1.165) is 5.75 Å². The molecule has 0 N–H and O–H groups in total. The molecule has 0 unspecified atom stereocenters. The number of benzene rings is 1. The smallest absolute Gasteiger partial charge is 0.120 e. The maximum atomic E-state index is 5.75. The zero-order valence-electron chi connectivity index (χ0n) is 11.2. The van der Waals surface area contributed by atoms with Gasteiger partial charge in [0.25, 0.3) is 0 Å². The number of rotatable bonds is 5. The summed E-state index contributed by atoms with van der Waals surface area (Å²) in [6.07, 6.45) is 6.12. The van der Waals surface area contributed by atoms with Crippen molar-refractivity contribution in [3.05, 3.63) is 53.6 Å². The molecule has 0 fully saturated rings. The van der Waals surface area contributed by atoms with Gasteiger partial charge < -0.3 is 4.74 Å². The molecule has 0 amide bonds. The minimum atomic E-state index is 0.540. The van der Waals surface area contributed by atoms with Crippen LogP contribution in [0.15, 0.2) is 48.1 Å². The maximum absolute atomic E-state index is 5.75.